The predicted octanol–water partition coefficient (Wildman–Crippen LogP) is 6.52. The fourth-order valence-corrected chi connectivity index (χ4v) is 4.44. The highest BCUT2D eigenvalue weighted by Crippen LogP contribution is 2.30. The number of ether oxygens (including phenoxy) is 2. The Bertz CT molecular complexity index is 1180. The minimum Gasteiger partial charge on any atom is -0.493 e. The zero-order valence-electron chi connectivity index (χ0n) is 17.6. The van der Waals surface area contributed by atoms with Crippen molar-refractivity contribution in [3.8, 4) is 22.1 Å². The van der Waals surface area contributed by atoms with Crippen LogP contribution in [0.15, 0.2) is 64.4 Å². The fourth-order valence-electron chi connectivity index (χ4n) is 3.02. The number of methoxy groups -OCH3 is 1. The van der Waals surface area contributed by atoms with Crippen molar-refractivity contribution in [2.75, 3.05) is 12.5 Å². The van der Waals surface area contributed by atoms with Gasteiger partial charge in [0, 0.05) is 5.38 Å². The fraction of sp³-hybridized carbons (Fsp3) is 0.167. The summed E-state index contributed by atoms with van der Waals surface area (Å²) in [5.74, 6) is 1.37. The van der Waals surface area contributed by atoms with Crippen LogP contribution in [-0.4, -0.2) is 18.3 Å². The highest BCUT2D eigenvalue weighted by atomic mass is 32.1. The number of nitrogens with zero attached hydrogens (tertiary/aromatic N) is 2. The molecule has 0 saturated heterocycles. The van der Waals surface area contributed by atoms with Crippen molar-refractivity contribution in [2.24, 2.45) is 5.10 Å². The van der Waals surface area contributed by atoms with Crippen LogP contribution in [0.2, 0.25) is 0 Å². The van der Waals surface area contributed by atoms with Crippen molar-refractivity contribution >= 4 is 34.0 Å². The summed E-state index contributed by atoms with van der Waals surface area (Å²) in [7, 11) is 1.64. The first-order chi connectivity index (χ1) is 15.1. The maximum atomic E-state index is 6.02. The Hall–Kier alpha value is -3.16. The second kappa shape index (κ2) is 9.76. The van der Waals surface area contributed by atoms with Gasteiger partial charge in [-0.25, -0.2) is 4.98 Å². The van der Waals surface area contributed by atoms with Gasteiger partial charge in [0.1, 0.15) is 6.61 Å². The molecule has 4 rings (SSSR count). The van der Waals surface area contributed by atoms with Gasteiger partial charge in [-0.05, 0) is 60.2 Å². The molecule has 0 saturated carbocycles. The molecule has 0 amide bonds. The van der Waals surface area contributed by atoms with E-state index in [0.29, 0.717) is 18.1 Å². The summed E-state index contributed by atoms with van der Waals surface area (Å²) >= 11 is 3.20. The van der Waals surface area contributed by atoms with Crippen LogP contribution in [0.3, 0.4) is 0 Å². The minimum absolute atomic E-state index is 0.496. The highest BCUT2D eigenvalue weighted by Gasteiger charge is 2.08. The van der Waals surface area contributed by atoms with Gasteiger partial charge < -0.3 is 9.47 Å². The summed E-state index contributed by atoms with van der Waals surface area (Å²) in [6.45, 7) is 4.67. The topological polar surface area (TPSA) is 55.7 Å². The summed E-state index contributed by atoms with van der Waals surface area (Å²) in [5.41, 5.74) is 8.46. The molecule has 0 unspecified atom stereocenters. The molecule has 31 heavy (non-hydrogen) atoms. The van der Waals surface area contributed by atoms with Gasteiger partial charge >= 0.3 is 0 Å². The van der Waals surface area contributed by atoms with E-state index < -0.39 is 0 Å². The van der Waals surface area contributed by atoms with E-state index in [1.807, 2.05) is 35.0 Å². The second-order valence-electron chi connectivity index (χ2n) is 7.01. The molecule has 158 valence electrons. The molecule has 0 aliphatic heterocycles. The lowest BCUT2D eigenvalue weighted by molar-refractivity contribution is 0.284. The lowest BCUT2D eigenvalue weighted by Gasteiger charge is -2.13. The first-order valence-electron chi connectivity index (χ1n) is 9.78. The number of thiophene rings is 1. The Morgan fingerprint density at radius 3 is 2.77 bits per heavy atom. The Kier molecular flexibility index (Phi) is 6.64. The molecule has 2 aromatic heterocycles. The van der Waals surface area contributed by atoms with Crippen LogP contribution in [0.4, 0.5) is 5.13 Å². The zero-order chi connectivity index (χ0) is 21.6. The van der Waals surface area contributed by atoms with E-state index in [0.717, 1.165) is 21.3 Å². The van der Waals surface area contributed by atoms with Crippen LogP contribution in [-0.2, 0) is 6.61 Å². The molecular weight excluding hydrogens is 426 g/mol. The number of hydrogen-bond acceptors (Lipinski definition) is 7. The number of hydrogen-bond donors (Lipinski definition) is 1. The first-order valence-corrected chi connectivity index (χ1v) is 11.5. The number of thiazole rings is 1. The van der Waals surface area contributed by atoms with E-state index in [1.54, 1.807) is 24.7 Å². The third kappa shape index (κ3) is 5.31. The normalized spacial score (nSPS) is 11.1. The summed E-state index contributed by atoms with van der Waals surface area (Å²) in [4.78, 5) is 5.71. The van der Waals surface area contributed by atoms with Crippen molar-refractivity contribution < 1.29 is 9.47 Å². The van der Waals surface area contributed by atoms with Gasteiger partial charge in [-0.15, -0.1) is 22.7 Å². The van der Waals surface area contributed by atoms with E-state index in [4.69, 9.17) is 9.47 Å². The minimum atomic E-state index is 0.496. The molecule has 0 aliphatic carbocycles. The maximum Gasteiger partial charge on any atom is 0.203 e. The number of aromatic nitrogens is 1. The zero-order valence-corrected chi connectivity index (χ0v) is 19.2. The molecule has 0 bridgehead atoms. The molecule has 0 atom stereocenters. The molecule has 4 aromatic rings. The van der Waals surface area contributed by atoms with Gasteiger partial charge in [0.05, 0.1) is 23.9 Å². The summed E-state index contributed by atoms with van der Waals surface area (Å²) in [6, 6.07) is 16.2. The molecule has 0 fully saturated rings. The number of rotatable bonds is 8. The van der Waals surface area contributed by atoms with Crippen LogP contribution in [0.25, 0.3) is 10.6 Å². The predicted molar refractivity (Wildman–Crippen MR) is 130 cm³/mol. The quantitative estimate of drug-likeness (QED) is 0.246. The number of aryl methyl sites for hydroxylation is 2. The first kappa shape index (κ1) is 21.1. The molecular formula is C24H23N3O2S2. The lowest BCUT2D eigenvalue weighted by atomic mass is 10.1. The molecule has 0 aliphatic rings. The Labute approximate surface area is 190 Å². The van der Waals surface area contributed by atoms with Crippen LogP contribution in [0.1, 0.15) is 22.3 Å². The van der Waals surface area contributed by atoms with Gasteiger partial charge in [-0.1, -0.05) is 29.8 Å². The number of hydrazone groups is 1. The molecule has 1 N–H and O–H groups in total. The molecule has 0 spiro atoms. The van der Waals surface area contributed by atoms with E-state index in [-0.39, 0.29) is 0 Å². The average molecular weight is 450 g/mol. The molecule has 2 heterocycles. The lowest BCUT2D eigenvalue weighted by Crippen LogP contribution is -2.00. The van der Waals surface area contributed by atoms with Gasteiger partial charge in [0.15, 0.2) is 11.5 Å². The van der Waals surface area contributed by atoms with Crippen molar-refractivity contribution in [2.45, 2.75) is 20.5 Å². The largest absolute Gasteiger partial charge is 0.493 e. The van der Waals surface area contributed by atoms with Crippen LogP contribution >= 0.6 is 22.7 Å². The van der Waals surface area contributed by atoms with Gasteiger partial charge in [0.25, 0.3) is 0 Å². The maximum absolute atomic E-state index is 6.02. The summed E-state index contributed by atoms with van der Waals surface area (Å²) in [5, 5.41) is 9.12. The SMILES string of the molecule is COc1cc(/C=N\Nc2nc(-c3cccs3)cs2)ccc1OCc1cc(C)ccc1C. The Morgan fingerprint density at radius 1 is 1.06 bits per heavy atom. The molecule has 2 aromatic carbocycles. The Morgan fingerprint density at radius 2 is 1.97 bits per heavy atom. The number of anilines is 1. The van der Waals surface area contributed by atoms with Crippen molar-refractivity contribution in [1.82, 2.24) is 4.98 Å². The molecule has 5 nitrogen and oxygen atoms in total. The molecule has 7 heteroatoms. The van der Waals surface area contributed by atoms with Crippen molar-refractivity contribution in [1.29, 1.82) is 0 Å². The number of nitrogens with one attached hydrogen (secondary N) is 1. The van der Waals surface area contributed by atoms with Gasteiger partial charge in [0.2, 0.25) is 5.13 Å². The van der Waals surface area contributed by atoms with E-state index in [1.165, 1.54) is 28.0 Å². The van der Waals surface area contributed by atoms with Crippen LogP contribution < -0.4 is 14.9 Å². The van der Waals surface area contributed by atoms with Crippen molar-refractivity contribution in [3.63, 3.8) is 0 Å². The van der Waals surface area contributed by atoms with Gasteiger partial charge in [-0.2, -0.15) is 5.10 Å². The van der Waals surface area contributed by atoms with Crippen molar-refractivity contribution in [3.05, 3.63) is 81.5 Å². The third-order valence-corrected chi connectivity index (χ3v) is 6.37. The Balaban J connectivity index is 1.40. The monoisotopic (exact) mass is 449 g/mol. The van der Waals surface area contributed by atoms with E-state index in [9.17, 15) is 0 Å². The highest BCUT2D eigenvalue weighted by molar-refractivity contribution is 7.15. The van der Waals surface area contributed by atoms with Crippen LogP contribution in [0.5, 0.6) is 11.5 Å². The van der Waals surface area contributed by atoms with Crippen LogP contribution in [0, 0.1) is 13.8 Å². The molecule has 0 radical (unpaired) electrons. The average Bonchev–Trinajstić information content (AvgIpc) is 3.47. The van der Waals surface area contributed by atoms with E-state index in [2.05, 4.69) is 53.6 Å². The van der Waals surface area contributed by atoms with Gasteiger partial charge in [-0.3, -0.25) is 5.43 Å². The summed E-state index contributed by atoms with van der Waals surface area (Å²) in [6.07, 6.45) is 1.74. The van der Waals surface area contributed by atoms with E-state index >= 15 is 0 Å². The summed E-state index contributed by atoms with van der Waals surface area (Å²) < 4.78 is 11.5. The third-order valence-electron chi connectivity index (χ3n) is 4.73. The standard InChI is InChI=1S/C24H23N3O2S2/c1-16-6-7-17(2)19(11-16)14-29-21-9-8-18(12-22(21)28-3)13-25-27-24-26-20(15-31-24)23-5-4-10-30-23/h4-13,15H,14H2,1-3H3,(H,26,27)/b25-13-. The number of benzene rings is 2. The smallest absolute Gasteiger partial charge is 0.203 e. The second-order valence-corrected chi connectivity index (χ2v) is 8.82.